The van der Waals surface area contributed by atoms with Gasteiger partial charge in [-0.1, -0.05) is 0 Å². The Morgan fingerprint density at radius 1 is 1.41 bits per heavy atom. The fraction of sp³-hybridized carbons (Fsp3) is 0.333. The predicted molar refractivity (Wildman–Crippen MR) is 64.6 cm³/mol. The van der Waals surface area contributed by atoms with Gasteiger partial charge in [0.05, 0.1) is 11.6 Å². The number of nitrogens with one attached hydrogen (secondary N) is 3. The van der Waals surface area contributed by atoms with Crippen molar-refractivity contribution in [1.82, 2.24) is 10.6 Å². The van der Waals surface area contributed by atoms with Gasteiger partial charge in [-0.25, -0.2) is 4.79 Å². The van der Waals surface area contributed by atoms with Crippen LogP contribution in [-0.4, -0.2) is 25.2 Å². The summed E-state index contributed by atoms with van der Waals surface area (Å²) in [5.74, 6) is 0. The number of nitriles is 1. The van der Waals surface area contributed by atoms with Crippen LogP contribution in [-0.2, 0) is 0 Å². The first-order valence-corrected chi connectivity index (χ1v) is 5.56. The smallest absolute Gasteiger partial charge is 0.319 e. The molecule has 0 spiro atoms. The van der Waals surface area contributed by atoms with Gasteiger partial charge in [0.1, 0.15) is 0 Å². The lowest BCUT2D eigenvalue weighted by atomic mass is 10.2. The summed E-state index contributed by atoms with van der Waals surface area (Å²) in [4.78, 5) is 11.6. The Morgan fingerprint density at radius 2 is 2.18 bits per heavy atom. The third-order valence-corrected chi connectivity index (χ3v) is 2.67. The maximum absolute atomic E-state index is 11.6. The minimum absolute atomic E-state index is 0.202. The molecule has 0 saturated carbocycles. The van der Waals surface area contributed by atoms with Crippen LogP contribution in [0.2, 0.25) is 0 Å². The largest absolute Gasteiger partial charge is 0.334 e. The first-order chi connectivity index (χ1) is 8.28. The lowest BCUT2D eigenvalue weighted by Gasteiger charge is -2.12. The summed E-state index contributed by atoms with van der Waals surface area (Å²) in [6.07, 6.45) is 0.959. The highest BCUT2D eigenvalue weighted by molar-refractivity contribution is 5.89. The first-order valence-electron chi connectivity index (χ1n) is 5.56. The number of amides is 2. The van der Waals surface area contributed by atoms with Crippen molar-refractivity contribution in [2.75, 3.05) is 18.4 Å². The molecule has 1 saturated heterocycles. The summed E-state index contributed by atoms with van der Waals surface area (Å²) in [6, 6.07) is 8.80. The summed E-state index contributed by atoms with van der Waals surface area (Å²) >= 11 is 0. The zero-order chi connectivity index (χ0) is 12.1. The van der Waals surface area contributed by atoms with E-state index in [1.807, 2.05) is 6.07 Å². The summed E-state index contributed by atoms with van der Waals surface area (Å²) in [7, 11) is 0. The molecule has 1 fully saturated rings. The fourth-order valence-electron chi connectivity index (χ4n) is 1.76. The standard InChI is InChI=1S/C12H14N4O/c13-7-9-1-3-10(4-2-9)15-12(17)16-11-5-6-14-8-11/h1-4,11,14H,5-6,8H2,(H2,15,16,17)/t11-/m1/s1. The van der Waals surface area contributed by atoms with Gasteiger partial charge in [-0.3, -0.25) is 0 Å². The Labute approximate surface area is 99.8 Å². The van der Waals surface area contributed by atoms with E-state index < -0.39 is 0 Å². The molecule has 0 bridgehead atoms. The number of rotatable bonds is 2. The minimum atomic E-state index is -0.205. The van der Waals surface area contributed by atoms with Crippen LogP contribution < -0.4 is 16.0 Å². The van der Waals surface area contributed by atoms with E-state index in [1.54, 1.807) is 24.3 Å². The molecule has 0 aliphatic carbocycles. The Bertz CT molecular complexity index is 429. The maximum Gasteiger partial charge on any atom is 0.319 e. The number of carbonyl (C=O) groups excluding carboxylic acids is 1. The maximum atomic E-state index is 11.6. The van der Waals surface area contributed by atoms with E-state index in [-0.39, 0.29) is 12.1 Å². The van der Waals surface area contributed by atoms with Crippen LogP contribution in [0.4, 0.5) is 10.5 Å². The fourth-order valence-corrected chi connectivity index (χ4v) is 1.76. The van der Waals surface area contributed by atoms with Crippen molar-refractivity contribution >= 4 is 11.7 Å². The van der Waals surface area contributed by atoms with Crippen LogP contribution in [0.15, 0.2) is 24.3 Å². The van der Waals surface area contributed by atoms with Crippen molar-refractivity contribution in [3.8, 4) is 6.07 Å². The molecule has 1 heterocycles. The van der Waals surface area contributed by atoms with Crippen molar-refractivity contribution in [1.29, 1.82) is 5.26 Å². The molecule has 1 aliphatic rings. The Morgan fingerprint density at radius 3 is 2.76 bits per heavy atom. The number of benzene rings is 1. The van der Waals surface area contributed by atoms with Crippen LogP contribution in [0, 0.1) is 11.3 Å². The highest BCUT2D eigenvalue weighted by Gasteiger charge is 2.16. The van der Waals surface area contributed by atoms with Crippen LogP contribution in [0.3, 0.4) is 0 Å². The molecule has 88 valence electrons. The molecule has 2 rings (SSSR count). The van der Waals surface area contributed by atoms with Crippen molar-refractivity contribution in [3.63, 3.8) is 0 Å². The average molecular weight is 230 g/mol. The summed E-state index contributed by atoms with van der Waals surface area (Å²) in [5.41, 5.74) is 1.27. The second-order valence-corrected chi connectivity index (χ2v) is 3.98. The molecule has 3 N–H and O–H groups in total. The number of carbonyl (C=O) groups is 1. The van der Waals surface area contributed by atoms with E-state index >= 15 is 0 Å². The van der Waals surface area contributed by atoms with Crippen LogP contribution in [0.5, 0.6) is 0 Å². The van der Waals surface area contributed by atoms with Gasteiger partial charge in [-0.15, -0.1) is 0 Å². The van der Waals surface area contributed by atoms with Gasteiger partial charge in [-0.2, -0.15) is 5.26 Å². The number of anilines is 1. The van der Waals surface area contributed by atoms with Crippen LogP contribution in [0.25, 0.3) is 0 Å². The molecule has 1 aromatic rings. The SMILES string of the molecule is N#Cc1ccc(NC(=O)N[C@@H]2CCNC2)cc1. The molecule has 2 amide bonds. The lowest BCUT2D eigenvalue weighted by Crippen LogP contribution is -2.39. The van der Waals surface area contributed by atoms with Gasteiger partial charge >= 0.3 is 6.03 Å². The van der Waals surface area contributed by atoms with Crippen molar-refractivity contribution in [3.05, 3.63) is 29.8 Å². The van der Waals surface area contributed by atoms with E-state index in [2.05, 4.69) is 16.0 Å². The average Bonchev–Trinajstić information content (AvgIpc) is 2.82. The van der Waals surface area contributed by atoms with E-state index in [1.165, 1.54) is 0 Å². The normalized spacial score (nSPS) is 18.4. The van der Waals surface area contributed by atoms with E-state index in [0.717, 1.165) is 19.5 Å². The zero-order valence-electron chi connectivity index (χ0n) is 9.36. The summed E-state index contributed by atoms with van der Waals surface area (Å²) in [5, 5.41) is 17.4. The highest BCUT2D eigenvalue weighted by Crippen LogP contribution is 2.08. The van der Waals surface area contributed by atoms with E-state index in [9.17, 15) is 4.79 Å². The highest BCUT2D eigenvalue weighted by atomic mass is 16.2. The van der Waals surface area contributed by atoms with Gasteiger partial charge < -0.3 is 16.0 Å². The third-order valence-electron chi connectivity index (χ3n) is 2.67. The molecule has 17 heavy (non-hydrogen) atoms. The first kappa shape index (κ1) is 11.4. The predicted octanol–water partition coefficient (Wildman–Crippen LogP) is 1.04. The second-order valence-electron chi connectivity index (χ2n) is 3.98. The minimum Gasteiger partial charge on any atom is -0.334 e. The van der Waals surface area contributed by atoms with Gasteiger partial charge in [0.25, 0.3) is 0 Å². The Kier molecular flexibility index (Phi) is 3.58. The van der Waals surface area contributed by atoms with E-state index in [4.69, 9.17) is 5.26 Å². The molecule has 0 radical (unpaired) electrons. The van der Waals surface area contributed by atoms with Gasteiger partial charge in [0.2, 0.25) is 0 Å². The topological polar surface area (TPSA) is 77.0 Å². The number of hydrogen-bond donors (Lipinski definition) is 3. The molecule has 1 aliphatic heterocycles. The van der Waals surface area contributed by atoms with Crippen molar-refractivity contribution in [2.45, 2.75) is 12.5 Å². The quantitative estimate of drug-likeness (QED) is 0.710. The summed E-state index contributed by atoms with van der Waals surface area (Å²) < 4.78 is 0. The Balaban J connectivity index is 1.86. The van der Waals surface area contributed by atoms with Gasteiger partial charge in [0, 0.05) is 18.3 Å². The van der Waals surface area contributed by atoms with Crippen molar-refractivity contribution in [2.24, 2.45) is 0 Å². The van der Waals surface area contributed by atoms with Crippen LogP contribution >= 0.6 is 0 Å². The number of hydrogen-bond acceptors (Lipinski definition) is 3. The molecule has 0 unspecified atom stereocenters. The van der Waals surface area contributed by atoms with Crippen molar-refractivity contribution < 1.29 is 4.79 Å². The molecule has 1 aromatic carbocycles. The lowest BCUT2D eigenvalue weighted by molar-refractivity contribution is 0.249. The van der Waals surface area contributed by atoms with E-state index in [0.29, 0.717) is 11.3 Å². The van der Waals surface area contributed by atoms with Crippen LogP contribution in [0.1, 0.15) is 12.0 Å². The molecular formula is C12H14N4O. The molecular weight excluding hydrogens is 216 g/mol. The number of urea groups is 1. The third kappa shape index (κ3) is 3.20. The van der Waals surface area contributed by atoms with Gasteiger partial charge in [-0.05, 0) is 37.2 Å². The Hall–Kier alpha value is -2.06. The monoisotopic (exact) mass is 230 g/mol. The number of nitrogens with zero attached hydrogens (tertiary/aromatic N) is 1. The van der Waals surface area contributed by atoms with Gasteiger partial charge in [0.15, 0.2) is 0 Å². The zero-order valence-corrected chi connectivity index (χ0v) is 9.36. The molecule has 5 heteroatoms. The second kappa shape index (κ2) is 5.32. The molecule has 1 atom stereocenters. The summed E-state index contributed by atoms with van der Waals surface area (Å²) in [6.45, 7) is 1.77. The molecule has 5 nitrogen and oxygen atoms in total. The molecule has 0 aromatic heterocycles.